The molecule has 1 rings (SSSR count). The van der Waals surface area contributed by atoms with Crippen molar-refractivity contribution in [1.29, 1.82) is 0 Å². The van der Waals surface area contributed by atoms with Gasteiger partial charge >= 0.3 is 0 Å². The van der Waals surface area contributed by atoms with Crippen LogP contribution >= 0.6 is 0 Å². The van der Waals surface area contributed by atoms with Crippen molar-refractivity contribution in [2.75, 3.05) is 13.2 Å². The lowest BCUT2D eigenvalue weighted by atomic mass is 9.99. The molecule has 0 bridgehead atoms. The van der Waals surface area contributed by atoms with E-state index in [1.807, 2.05) is 0 Å². The first-order valence-electron chi connectivity index (χ1n) is 33.6. The lowest BCUT2D eigenvalue weighted by Crippen LogP contribution is -2.60. The highest BCUT2D eigenvalue weighted by Crippen LogP contribution is 2.23. The van der Waals surface area contributed by atoms with Crippen molar-refractivity contribution in [2.45, 2.75) is 352 Å². The number of ether oxygens (including phenoxy) is 2. The summed E-state index contributed by atoms with van der Waals surface area (Å²) >= 11 is 0. The third-order valence-corrected chi connectivity index (χ3v) is 15.8. The molecule has 7 unspecified atom stereocenters. The molecule has 9 nitrogen and oxygen atoms in total. The lowest BCUT2D eigenvalue weighted by Gasteiger charge is -2.40. The van der Waals surface area contributed by atoms with Crippen LogP contribution < -0.4 is 5.32 Å². The fourth-order valence-corrected chi connectivity index (χ4v) is 10.6. The smallest absolute Gasteiger partial charge is 0.220 e. The topological polar surface area (TPSA) is 149 Å². The lowest BCUT2D eigenvalue weighted by molar-refractivity contribution is -0.302. The summed E-state index contributed by atoms with van der Waals surface area (Å²) in [7, 11) is 0. The van der Waals surface area contributed by atoms with Crippen molar-refractivity contribution in [2.24, 2.45) is 0 Å². The van der Waals surface area contributed by atoms with Gasteiger partial charge in [-0.15, -0.1) is 0 Å². The van der Waals surface area contributed by atoms with E-state index in [4.69, 9.17) is 9.47 Å². The number of hydrogen-bond acceptors (Lipinski definition) is 8. The second kappa shape index (κ2) is 58.8. The molecule has 0 radical (unpaired) electrons. The zero-order valence-electron chi connectivity index (χ0n) is 51.4. The van der Waals surface area contributed by atoms with Crippen molar-refractivity contribution in [1.82, 2.24) is 5.32 Å². The molecular weight excluding hydrogens is 983 g/mol. The number of aliphatic hydroxyl groups excluding tert-OH is 5. The van der Waals surface area contributed by atoms with Crippen molar-refractivity contribution in [3.8, 4) is 0 Å². The van der Waals surface area contributed by atoms with Crippen LogP contribution in [0.5, 0.6) is 0 Å². The summed E-state index contributed by atoms with van der Waals surface area (Å²) in [6, 6.07) is -0.725. The molecule has 1 aliphatic heterocycles. The van der Waals surface area contributed by atoms with E-state index in [2.05, 4.69) is 92.1 Å². The molecule has 0 saturated carbocycles. The first kappa shape index (κ1) is 74.6. The Kier molecular flexibility index (Phi) is 55.6. The van der Waals surface area contributed by atoms with Crippen molar-refractivity contribution >= 4 is 5.91 Å². The molecule has 0 aromatic heterocycles. The summed E-state index contributed by atoms with van der Waals surface area (Å²) in [4.78, 5) is 13.1. The third-order valence-electron chi connectivity index (χ3n) is 15.8. The standard InChI is InChI=1S/C70H127NO8/c1-3-5-7-9-11-13-15-17-19-21-23-25-27-29-30-31-32-33-34-36-38-40-42-44-46-48-50-52-54-56-58-60-66(74)71-63(62-78-70-69(77)68(76)67(75)65(61-72)79-70)64(73)59-57-55-53-51-49-47-45-43-41-39-37-35-28-26-24-22-20-18-16-14-12-10-8-6-4-2/h5,7,11,13,17,19,23,25,29-30,32-33,63-65,67-70,72-73,75-77H,3-4,6,8-10,12,14-16,18,20-22,24,26-28,31,34-62H2,1-2H3,(H,71,74)/b7-5-,13-11-,19-17-,25-23-,30-29-,33-32-. The normalized spacial score (nSPS) is 19.0. The summed E-state index contributed by atoms with van der Waals surface area (Å²) in [6.45, 7) is 3.76. The Labute approximate surface area is 487 Å². The molecule has 7 atom stereocenters. The van der Waals surface area contributed by atoms with Crippen LogP contribution in [0.25, 0.3) is 0 Å². The minimum absolute atomic E-state index is 0.140. The van der Waals surface area contributed by atoms with Crippen molar-refractivity contribution in [3.05, 3.63) is 72.9 Å². The summed E-state index contributed by atoms with van der Waals surface area (Å²) in [5, 5.41) is 54.9. The number of aliphatic hydroxyl groups is 5. The summed E-state index contributed by atoms with van der Waals surface area (Å²) in [5.41, 5.74) is 0. The molecule has 1 aliphatic rings. The fourth-order valence-electron chi connectivity index (χ4n) is 10.6. The highest BCUT2D eigenvalue weighted by molar-refractivity contribution is 5.76. The minimum Gasteiger partial charge on any atom is -0.394 e. The second-order valence-corrected chi connectivity index (χ2v) is 23.2. The summed E-state index contributed by atoms with van der Waals surface area (Å²) in [5.74, 6) is -0.145. The molecule has 1 saturated heterocycles. The second-order valence-electron chi connectivity index (χ2n) is 23.2. The van der Waals surface area contributed by atoms with Crippen LogP contribution in [0.3, 0.4) is 0 Å². The number of carbonyl (C=O) groups excluding carboxylic acids is 1. The van der Waals surface area contributed by atoms with E-state index in [-0.39, 0.29) is 12.5 Å². The van der Waals surface area contributed by atoms with Gasteiger partial charge in [-0.3, -0.25) is 4.79 Å². The van der Waals surface area contributed by atoms with E-state index in [0.717, 1.165) is 77.0 Å². The number of nitrogens with one attached hydrogen (secondary N) is 1. The molecule has 1 fully saturated rings. The Morgan fingerprint density at radius 3 is 1.16 bits per heavy atom. The minimum atomic E-state index is -1.56. The molecule has 460 valence electrons. The van der Waals surface area contributed by atoms with Gasteiger partial charge in [-0.05, 0) is 64.2 Å². The summed E-state index contributed by atoms with van der Waals surface area (Å²) in [6.07, 6.45) is 75.2. The van der Waals surface area contributed by atoms with Gasteiger partial charge in [-0.25, -0.2) is 0 Å². The number of hydrogen-bond donors (Lipinski definition) is 6. The maximum atomic E-state index is 13.1. The van der Waals surface area contributed by atoms with Gasteiger partial charge in [0.2, 0.25) is 5.91 Å². The molecule has 1 heterocycles. The van der Waals surface area contributed by atoms with Gasteiger partial charge in [0.1, 0.15) is 24.4 Å². The van der Waals surface area contributed by atoms with Gasteiger partial charge in [0.15, 0.2) is 6.29 Å². The van der Waals surface area contributed by atoms with Crippen LogP contribution in [-0.4, -0.2) is 87.5 Å². The third kappa shape index (κ3) is 47.8. The molecule has 1 amide bonds. The van der Waals surface area contributed by atoms with Gasteiger partial charge in [0.25, 0.3) is 0 Å². The van der Waals surface area contributed by atoms with E-state index < -0.39 is 49.5 Å². The molecule has 0 aromatic rings. The average Bonchev–Trinajstić information content (AvgIpc) is 3.47. The van der Waals surface area contributed by atoms with Crippen molar-refractivity contribution < 1.29 is 39.8 Å². The number of unbranched alkanes of at least 4 members (excludes halogenated alkanes) is 36. The largest absolute Gasteiger partial charge is 0.394 e. The van der Waals surface area contributed by atoms with E-state index in [1.165, 1.54) is 205 Å². The quantitative estimate of drug-likeness (QED) is 0.0261. The first-order chi connectivity index (χ1) is 38.8. The van der Waals surface area contributed by atoms with Gasteiger partial charge in [-0.1, -0.05) is 311 Å². The Balaban J connectivity index is 2.14. The predicted octanol–water partition coefficient (Wildman–Crippen LogP) is 18.0. The van der Waals surface area contributed by atoms with E-state index in [9.17, 15) is 30.3 Å². The molecule has 0 aromatic carbocycles. The fraction of sp³-hybridized carbons (Fsp3) is 0.814. The zero-order valence-corrected chi connectivity index (χ0v) is 51.4. The van der Waals surface area contributed by atoms with Crippen molar-refractivity contribution in [3.63, 3.8) is 0 Å². The number of carbonyl (C=O) groups is 1. The van der Waals surface area contributed by atoms with E-state index in [0.29, 0.717) is 12.8 Å². The molecule has 0 spiro atoms. The van der Waals surface area contributed by atoms with Crippen LogP contribution in [0.4, 0.5) is 0 Å². The van der Waals surface area contributed by atoms with Crippen LogP contribution in [-0.2, 0) is 14.3 Å². The summed E-state index contributed by atoms with van der Waals surface area (Å²) < 4.78 is 11.4. The van der Waals surface area contributed by atoms with Crippen LogP contribution in [0.2, 0.25) is 0 Å². The van der Waals surface area contributed by atoms with Crippen LogP contribution in [0.1, 0.15) is 309 Å². The van der Waals surface area contributed by atoms with E-state index in [1.54, 1.807) is 0 Å². The number of amides is 1. The molecule has 6 N–H and O–H groups in total. The molecule has 0 aliphatic carbocycles. The zero-order chi connectivity index (χ0) is 57.2. The average molecular weight is 1110 g/mol. The molecule has 9 heteroatoms. The Hall–Kier alpha value is -2.37. The monoisotopic (exact) mass is 1110 g/mol. The number of rotatable bonds is 58. The highest BCUT2D eigenvalue weighted by Gasteiger charge is 2.44. The van der Waals surface area contributed by atoms with E-state index >= 15 is 0 Å². The molecular formula is C70H127NO8. The number of allylic oxidation sites excluding steroid dienone is 12. The van der Waals surface area contributed by atoms with Crippen LogP contribution in [0, 0.1) is 0 Å². The van der Waals surface area contributed by atoms with Gasteiger partial charge in [0.05, 0.1) is 25.4 Å². The maximum Gasteiger partial charge on any atom is 0.220 e. The Morgan fingerprint density at radius 2 is 0.785 bits per heavy atom. The molecule has 79 heavy (non-hydrogen) atoms. The highest BCUT2D eigenvalue weighted by atomic mass is 16.7. The van der Waals surface area contributed by atoms with Gasteiger partial charge in [-0.2, -0.15) is 0 Å². The van der Waals surface area contributed by atoms with Gasteiger partial charge < -0.3 is 40.3 Å². The Morgan fingerprint density at radius 1 is 0.443 bits per heavy atom. The van der Waals surface area contributed by atoms with Crippen LogP contribution in [0.15, 0.2) is 72.9 Å². The SMILES string of the molecule is CC/C=C\C/C=C\C/C=C\C/C=C\C/C=C\C/C=C\CCCCCCCCCCCCCCC(=O)NC(COC1OC(CO)C(O)C(O)C1O)C(O)CCCCCCCCCCCCCCCCCCCCCCCCCCC. The predicted molar refractivity (Wildman–Crippen MR) is 336 cm³/mol. The maximum absolute atomic E-state index is 13.1. The van der Waals surface area contributed by atoms with Gasteiger partial charge in [0, 0.05) is 6.42 Å². The Bertz CT molecular complexity index is 1470. The first-order valence-corrected chi connectivity index (χ1v) is 33.6.